The molecule has 6 nitrogen and oxygen atoms in total. The fourth-order valence-electron chi connectivity index (χ4n) is 3.75. The second-order valence-corrected chi connectivity index (χ2v) is 7.68. The van der Waals surface area contributed by atoms with Gasteiger partial charge in [0.05, 0.1) is 6.54 Å². The number of para-hydroxylation sites is 1. The summed E-state index contributed by atoms with van der Waals surface area (Å²) in [5.41, 5.74) is 1.26. The van der Waals surface area contributed by atoms with Crippen molar-refractivity contribution in [2.75, 3.05) is 40.0 Å². The quantitative estimate of drug-likeness (QED) is 0.337. The highest BCUT2D eigenvalue weighted by Gasteiger charge is 2.34. The molecule has 0 spiro atoms. The van der Waals surface area contributed by atoms with E-state index in [1.807, 2.05) is 30.3 Å². The van der Waals surface area contributed by atoms with Crippen molar-refractivity contribution < 1.29 is 9.47 Å². The first kappa shape index (κ1) is 22.1. The average molecular weight is 411 g/mol. The zero-order chi connectivity index (χ0) is 21.1. The van der Waals surface area contributed by atoms with Crippen LogP contribution in [0, 0.1) is 0 Å². The van der Waals surface area contributed by atoms with Gasteiger partial charge in [-0.1, -0.05) is 48.5 Å². The molecule has 30 heavy (non-hydrogen) atoms. The molecule has 0 bridgehead atoms. The third kappa shape index (κ3) is 6.75. The second-order valence-electron chi connectivity index (χ2n) is 7.68. The van der Waals surface area contributed by atoms with Gasteiger partial charge in [-0.3, -0.25) is 4.99 Å². The van der Waals surface area contributed by atoms with E-state index < -0.39 is 0 Å². The number of aliphatic imine (C=N–C) groups is 1. The molecule has 2 aromatic rings. The summed E-state index contributed by atoms with van der Waals surface area (Å²) in [6, 6.07) is 20.7. The molecule has 1 saturated heterocycles. The Balaban J connectivity index is 1.50. The van der Waals surface area contributed by atoms with Crippen LogP contribution in [0.3, 0.4) is 0 Å². The lowest BCUT2D eigenvalue weighted by Gasteiger charge is -2.41. The fraction of sp³-hybridized carbons (Fsp3) is 0.458. The minimum atomic E-state index is -0.0360. The second kappa shape index (κ2) is 11.6. The fourth-order valence-corrected chi connectivity index (χ4v) is 3.75. The summed E-state index contributed by atoms with van der Waals surface area (Å²) in [5, 5.41) is 10.7. The van der Waals surface area contributed by atoms with E-state index in [1.54, 1.807) is 7.05 Å². The van der Waals surface area contributed by atoms with Crippen LogP contribution in [0.1, 0.15) is 31.4 Å². The molecule has 1 aliphatic rings. The van der Waals surface area contributed by atoms with Gasteiger partial charge in [0.25, 0.3) is 0 Å². The van der Waals surface area contributed by atoms with Gasteiger partial charge in [0.1, 0.15) is 12.4 Å². The van der Waals surface area contributed by atoms with Crippen molar-refractivity contribution in [3.63, 3.8) is 0 Å². The predicted octanol–water partition coefficient (Wildman–Crippen LogP) is 3.13. The Kier molecular flexibility index (Phi) is 8.53. The van der Waals surface area contributed by atoms with Gasteiger partial charge >= 0.3 is 0 Å². The van der Waals surface area contributed by atoms with Crippen LogP contribution in [0.2, 0.25) is 0 Å². The highest BCUT2D eigenvalue weighted by Crippen LogP contribution is 2.25. The van der Waals surface area contributed by atoms with Crippen LogP contribution in [0.25, 0.3) is 0 Å². The molecule has 2 aromatic carbocycles. The molecular formula is C24H34N4O2. The van der Waals surface area contributed by atoms with Gasteiger partial charge in [-0.15, -0.1) is 0 Å². The van der Waals surface area contributed by atoms with E-state index in [9.17, 15) is 0 Å². The van der Waals surface area contributed by atoms with Crippen molar-refractivity contribution in [1.29, 1.82) is 0 Å². The third-order valence-corrected chi connectivity index (χ3v) is 5.50. The summed E-state index contributed by atoms with van der Waals surface area (Å²) < 4.78 is 11.4. The number of hydrogen-bond acceptors (Lipinski definition) is 4. The third-order valence-electron chi connectivity index (χ3n) is 5.50. The van der Waals surface area contributed by atoms with E-state index in [0.717, 1.165) is 44.3 Å². The van der Waals surface area contributed by atoms with Gasteiger partial charge in [0.15, 0.2) is 5.96 Å². The minimum absolute atomic E-state index is 0.0360. The van der Waals surface area contributed by atoms with Crippen molar-refractivity contribution in [2.24, 2.45) is 4.99 Å². The Morgan fingerprint density at radius 3 is 2.37 bits per heavy atom. The molecule has 1 unspecified atom stereocenters. The number of benzene rings is 2. The van der Waals surface area contributed by atoms with E-state index in [2.05, 4.69) is 58.2 Å². The van der Waals surface area contributed by atoms with Crippen molar-refractivity contribution in [3.8, 4) is 5.75 Å². The van der Waals surface area contributed by atoms with E-state index >= 15 is 0 Å². The van der Waals surface area contributed by atoms with Gasteiger partial charge in [0.2, 0.25) is 0 Å². The highest BCUT2D eigenvalue weighted by molar-refractivity contribution is 5.79. The first-order valence-corrected chi connectivity index (χ1v) is 10.7. The monoisotopic (exact) mass is 410 g/mol. The lowest BCUT2D eigenvalue weighted by molar-refractivity contribution is 0.0355. The number of guanidine groups is 1. The lowest BCUT2D eigenvalue weighted by atomic mass is 9.88. The zero-order valence-corrected chi connectivity index (χ0v) is 18.1. The molecule has 0 aliphatic carbocycles. The van der Waals surface area contributed by atoms with Crippen LogP contribution in [0.5, 0.6) is 5.75 Å². The molecule has 0 amide bonds. The Bertz CT molecular complexity index is 761. The van der Waals surface area contributed by atoms with E-state index in [0.29, 0.717) is 13.2 Å². The Labute approximate surface area is 180 Å². The summed E-state index contributed by atoms with van der Waals surface area (Å²) >= 11 is 0. The average Bonchev–Trinajstić information content (AvgIpc) is 2.80. The van der Waals surface area contributed by atoms with Crippen LogP contribution >= 0.6 is 0 Å². The first-order valence-electron chi connectivity index (χ1n) is 10.7. The lowest BCUT2D eigenvalue weighted by Crippen LogP contribution is -2.58. The highest BCUT2D eigenvalue weighted by atomic mass is 16.5. The molecule has 1 fully saturated rings. The molecule has 0 aromatic heterocycles. The maximum atomic E-state index is 5.74. The van der Waals surface area contributed by atoms with Crippen LogP contribution in [-0.4, -0.2) is 51.5 Å². The topological polar surface area (TPSA) is 66.9 Å². The zero-order valence-electron chi connectivity index (χ0n) is 18.1. The van der Waals surface area contributed by atoms with Gasteiger partial charge in [0, 0.05) is 38.4 Å². The Hall–Kier alpha value is -2.57. The van der Waals surface area contributed by atoms with E-state index in [4.69, 9.17) is 9.47 Å². The molecule has 1 atom stereocenters. The van der Waals surface area contributed by atoms with Gasteiger partial charge < -0.3 is 25.4 Å². The molecule has 1 heterocycles. The summed E-state index contributed by atoms with van der Waals surface area (Å²) in [5.74, 6) is 1.66. The Morgan fingerprint density at radius 1 is 1.03 bits per heavy atom. The molecule has 0 radical (unpaired) electrons. The van der Waals surface area contributed by atoms with Crippen molar-refractivity contribution >= 4 is 5.96 Å². The van der Waals surface area contributed by atoms with Crippen molar-refractivity contribution in [3.05, 3.63) is 66.2 Å². The van der Waals surface area contributed by atoms with Gasteiger partial charge in [-0.05, 0) is 37.5 Å². The van der Waals surface area contributed by atoms with Crippen LogP contribution in [-0.2, 0) is 4.74 Å². The number of nitrogens with zero attached hydrogens (tertiary/aromatic N) is 1. The predicted molar refractivity (Wildman–Crippen MR) is 122 cm³/mol. The van der Waals surface area contributed by atoms with Crippen molar-refractivity contribution in [2.45, 2.75) is 31.3 Å². The molecule has 0 saturated carbocycles. The van der Waals surface area contributed by atoms with Crippen LogP contribution < -0.4 is 20.7 Å². The largest absolute Gasteiger partial charge is 0.492 e. The molecule has 6 heteroatoms. The minimum Gasteiger partial charge on any atom is -0.492 e. The van der Waals surface area contributed by atoms with Gasteiger partial charge in [-0.25, -0.2) is 0 Å². The summed E-state index contributed by atoms with van der Waals surface area (Å²) in [7, 11) is 1.80. The maximum Gasteiger partial charge on any atom is 0.191 e. The molecule has 3 N–H and O–H groups in total. The molecule has 3 rings (SSSR count). The summed E-state index contributed by atoms with van der Waals surface area (Å²) in [6.45, 7) is 5.80. The molecule has 162 valence electrons. The Morgan fingerprint density at radius 2 is 1.70 bits per heavy atom. The van der Waals surface area contributed by atoms with Gasteiger partial charge in [-0.2, -0.15) is 0 Å². The van der Waals surface area contributed by atoms with E-state index in [-0.39, 0.29) is 11.6 Å². The van der Waals surface area contributed by atoms with Crippen LogP contribution in [0.4, 0.5) is 0 Å². The number of rotatable bonds is 9. The molecule has 1 aliphatic heterocycles. The van der Waals surface area contributed by atoms with Crippen molar-refractivity contribution in [1.82, 2.24) is 16.0 Å². The summed E-state index contributed by atoms with van der Waals surface area (Å²) in [6.07, 6.45) is 1.93. The van der Waals surface area contributed by atoms with Crippen LogP contribution in [0.15, 0.2) is 65.7 Å². The number of hydrogen-bond donors (Lipinski definition) is 3. The maximum absolute atomic E-state index is 5.74. The summed E-state index contributed by atoms with van der Waals surface area (Å²) in [4.78, 5) is 4.37. The first-order chi connectivity index (χ1) is 14.7. The number of ether oxygens (including phenoxy) is 2. The smallest absolute Gasteiger partial charge is 0.191 e. The SMILES string of the molecule is CN=C(NCCOc1ccccc1)NCC1(NC(C)c2ccccc2)CCOCC1. The number of nitrogens with one attached hydrogen (secondary N) is 3. The normalized spacial score (nSPS) is 17.2. The standard InChI is InChI=1S/C24H34N4O2/c1-20(21-9-5-3-6-10-21)28-24(13-16-29-17-14-24)19-27-23(25-2)26-15-18-30-22-11-7-4-8-12-22/h3-12,20,28H,13-19H2,1-2H3,(H2,25,26,27). The van der Waals surface area contributed by atoms with E-state index in [1.165, 1.54) is 5.56 Å². The molecular weight excluding hydrogens is 376 g/mol.